The molecular formula is C17H23N3O3. The SMILES string of the molecule is COc1cccc(CCNC(=O)CCn2c(C)c(C)[nH]c2=O)c1. The fourth-order valence-corrected chi connectivity index (χ4v) is 2.42. The Morgan fingerprint density at radius 2 is 2.13 bits per heavy atom. The van der Waals surface area contributed by atoms with Gasteiger partial charge in [0.1, 0.15) is 5.75 Å². The molecule has 0 bridgehead atoms. The monoisotopic (exact) mass is 317 g/mol. The van der Waals surface area contributed by atoms with Crippen LogP contribution in [0.5, 0.6) is 5.75 Å². The molecule has 2 N–H and O–H groups in total. The lowest BCUT2D eigenvalue weighted by Gasteiger charge is -2.08. The Bertz CT molecular complexity index is 731. The van der Waals surface area contributed by atoms with Gasteiger partial charge < -0.3 is 15.0 Å². The number of nitrogens with zero attached hydrogens (tertiary/aromatic N) is 1. The van der Waals surface area contributed by atoms with Gasteiger partial charge in [0, 0.05) is 30.9 Å². The normalized spacial score (nSPS) is 10.6. The first kappa shape index (κ1) is 16.9. The molecule has 0 saturated heterocycles. The molecule has 0 saturated carbocycles. The minimum atomic E-state index is -0.163. The number of aryl methyl sites for hydroxylation is 1. The van der Waals surface area contributed by atoms with E-state index in [1.807, 2.05) is 38.1 Å². The second-order valence-electron chi connectivity index (χ2n) is 5.49. The number of hydrogen-bond donors (Lipinski definition) is 2. The fraction of sp³-hybridized carbons (Fsp3) is 0.412. The lowest BCUT2D eigenvalue weighted by atomic mass is 10.1. The molecule has 0 fully saturated rings. The highest BCUT2D eigenvalue weighted by Gasteiger charge is 2.08. The summed E-state index contributed by atoms with van der Waals surface area (Å²) >= 11 is 0. The van der Waals surface area contributed by atoms with E-state index in [0.717, 1.165) is 29.1 Å². The van der Waals surface area contributed by atoms with Gasteiger partial charge in [-0.2, -0.15) is 0 Å². The Morgan fingerprint density at radius 3 is 2.78 bits per heavy atom. The largest absolute Gasteiger partial charge is 0.497 e. The Balaban J connectivity index is 1.78. The average molecular weight is 317 g/mol. The van der Waals surface area contributed by atoms with Gasteiger partial charge in [-0.1, -0.05) is 12.1 Å². The maximum atomic E-state index is 11.9. The van der Waals surface area contributed by atoms with E-state index in [4.69, 9.17) is 4.74 Å². The summed E-state index contributed by atoms with van der Waals surface area (Å²) in [4.78, 5) is 26.3. The molecule has 0 aliphatic carbocycles. The highest BCUT2D eigenvalue weighted by atomic mass is 16.5. The van der Waals surface area contributed by atoms with E-state index in [2.05, 4.69) is 10.3 Å². The lowest BCUT2D eigenvalue weighted by molar-refractivity contribution is -0.121. The molecule has 2 aromatic rings. The summed E-state index contributed by atoms with van der Waals surface area (Å²) in [5.41, 5.74) is 2.66. The first-order valence-electron chi connectivity index (χ1n) is 7.67. The second-order valence-corrected chi connectivity index (χ2v) is 5.49. The standard InChI is InChI=1S/C17H23N3O3/c1-12-13(2)20(17(22)19-12)10-8-16(21)18-9-7-14-5-4-6-15(11-14)23-3/h4-6,11H,7-10H2,1-3H3,(H,18,21)(H,19,22). The number of ether oxygens (including phenoxy) is 1. The zero-order chi connectivity index (χ0) is 16.8. The second kappa shape index (κ2) is 7.67. The predicted molar refractivity (Wildman–Crippen MR) is 88.9 cm³/mol. The van der Waals surface area contributed by atoms with Crippen molar-refractivity contribution >= 4 is 5.91 Å². The van der Waals surface area contributed by atoms with E-state index in [0.29, 0.717) is 13.1 Å². The molecule has 23 heavy (non-hydrogen) atoms. The summed E-state index contributed by atoms with van der Waals surface area (Å²) < 4.78 is 6.77. The summed E-state index contributed by atoms with van der Waals surface area (Å²) in [6.07, 6.45) is 1.03. The molecular weight excluding hydrogens is 294 g/mol. The molecule has 0 spiro atoms. The minimum Gasteiger partial charge on any atom is -0.497 e. The molecule has 1 amide bonds. The zero-order valence-corrected chi connectivity index (χ0v) is 13.8. The van der Waals surface area contributed by atoms with Crippen molar-refractivity contribution in [2.45, 2.75) is 33.2 Å². The molecule has 0 atom stereocenters. The fourth-order valence-electron chi connectivity index (χ4n) is 2.42. The molecule has 6 nitrogen and oxygen atoms in total. The van der Waals surface area contributed by atoms with E-state index in [1.165, 1.54) is 0 Å². The van der Waals surface area contributed by atoms with Gasteiger partial charge in [-0.25, -0.2) is 4.79 Å². The maximum Gasteiger partial charge on any atom is 0.325 e. The van der Waals surface area contributed by atoms with Gasteiger partial charge in [0.25, 0.3) is 0 Å². The number of carbonyl (C=O) groups is 1. The van der Waals surface area contributed by atoms with Crippen molar-refractivity contribution in [3.8, 4) is 5.75 Å². The van der Waals surface area contributed by atoms with Crippen molar-refractivity contribution in [1.82, 2.24) is 14.9 Å². The molecule has 0 aliphatic heterocycles. The van der Waals surface area contributed by atoms with Crippen LogP contribution in [0.25, 0.3) is 0 Å². The van der Waals surface area contributed by atoms with Gasteiger partial charge in [0.15, 0.2) is 0 Å². The van der Waals surface area contributed by atoms with Crippen molar-refractivity contribution in [1.29, 1.82) is 0 Å². The number of H-pyrrole nitrogens is 1. The number of nitrogens with one attached hydrogen (secondary N) is 2. The van der Waals surface area contributed by atoms with Crippen LogP contribution in [0.2, 0.25) is 0 Å². The number of methoxy groups -OCH3 is 1. The minimum absolute atomic E-state index is 0.0574. The third-order valence-electron chi connectivity index (χ3n) is 3.92. The van der Waals surface area contributed by atoms with E-state index in [1.54, 1.807) is 11.7 Å². The predicted octanol–water partition coefficient (Wildman–Crippen LogP) is 1.55. The van der Waals surface area contributed by atoms with Gasteiger partial charge in [-0.05, 0) is 38.0 Å². The van der Waals surface area contributed by atoms with Crippen LogP contribution in [-0.4, -0.2) is 29.1 Å². The molecule has 2 rings (SSSR count). The zero-order valence-electron chi connectivity index (χ0n) is 13.8. The van der Waals surface area contributed by atoms with Crippen LogP contribution in [0.1, 0.15) is 23.4 Å². The lowest BCUT2D eigenvalue weighted by Crippen LogP contribution is -2.28. The van der Waals surface area contributed by atoms with E-state index < -0.39 is 0 Å². The van der Waals surface area contributed by atoms with Crippen LogP contribution in [0, 0.1) is 13.8 Å². The maximum absolute atomic E-state index is 11.9. The van der Waals surface area contributed by atoms with Crippen LogP contribution < -0.4 is 15.7 Å². The summed E-state index contributed by atoms with van der Waals surface area (Å²) in [5.74, 6) is 0.754. The summed E-state index contributed by atoms with van der Waals surface area (Å²) in [6.45, 7) is 4.67. The van der Waals surface area contributed by atoms with Gasteiger partial charge in [0.2, 0.25) is 5.91 Å². The Labute approximate surface area is 135 Å². The first-order valence-corrected chi connectivity index (χ1v) is 7.67. The van der Waals surface area contributed by atoms with Crippen LogP contribution in [0.3, 0.4) is 0 Å². The Hall–Kier alpha value is -2.50. The molecule has 0 unspecified atom stereocenters. The topological polar surface area (TPSA) is 76.1 Å². The van der Waals surface area contributed by atoms with Crippen LogP contribution in [0.4, 0.5) is 0 Å². The van der Waals surface area contributed by atoms with Crippen LogP contribution in [0.15, 0.2) is 29.1 Å². The third-order valence-corrected chi connectivity index (χ3v) is 3.92. The molecule has 1 aromatic heterocycles. The summed E-state index contributed by atoms with van der Waals surface area (Å²) in [6, 6.07) is 7.78. The van der Waals surface area contributed by atoms with Gasteiger partial charge >= 0.3 is 5.69 Å². The van der Waals surface area contributed by atoms with Crippen LogP contribution >= 0.6 is 0 Å². The number of carbonyl (C=O) groups excluding carboxylic acids is 1. The molecule has 0 aliphatic rings. The number of imidazole rings is 1. The number of amides is 1. The summed E-state index contributed by atoms with van der Waals surface area (Å²) in [5, 5.41) is 2.88. The Kier molecular flexibility index (Phi) is 5.62. The van der Waals surface area contributed by atoms with Crippen molar-refractivity contribution in [2.75, 3.05) is 13.7 Å². The third kappa shape index (κ3) is 4.48. The number of aromatic nitrogens is 2. The number of aromatic amines is 1. The highest BCUT2D eigenvalue weighted by molar-refractivity contribution is 5.75. The molecule has 1 heterocycles. The quantitative estimate of drug-likeness (QED) is 0.813. The molecule has 6 heteroatoms. The van der Waals surface area contributed by atoms with Crippen molar-refractivity contribution in [3.05, 3.63) is 51.7 Å². The first-order chi connectivity index (χ1) is 11.0. The Morgan fingerprint density at radius 1 is 1.35 bits per heavy atom. The number of hydrogen-bond acceptors (Lipinski definition) is 3. The molecule has 1 aromatic carbocycles. The van der Waals surface area contributed by atoms with Crippen molar-refractivity contribution in [2.24, 2.45) is 0 Å². The smallest absolute Gasteiger partial charge is 0.325 e. The van der Waals surface area contributed by atoms with Crippen molar-refractivity contribution in [3.63, 3.8) is 0 Å². The van der Waals surface area contributed by atoms with Gasteiger partial charge in [0.05, 0.1) is 7.11 Å². The van der Waals surface area contributed by atoms with Crippen molar-refractivity contribution < 1.29 is 9.53 Å². The average Bonchev–Trinajstić information content (AvgIpc) is 2.78. The summed E-state index contributed by atoms with van der Waals surface area (Å²) in [7, 11) is 1.63. The molecule has 124 valence electrons. The van der Waals surface area contributed by atoms with Gasteiger partial charge in [-0.3, -0.25) is 9.36 Å². The highest BCUT2D eigenvalue weighted by Crippen LogP contribution is 2.12. The number of benzene rings is 1. The van der Waals surface area contributed by atoms with E-state index >= 15 is 0 Å². The van der Waals surface area contributed by atoms with Crippen LogP contribution in [-0.2, 0) is 17.8 Å². The molecule has 0 radical (unpaired) electrons. The van der Waals surface area contributed by atoms with Gasteiger partial charge in [-0.15, -0.1) is 0 Å². The number of rotatable bonds is 7. The van der Waals surface area contributed by atoms with E-state index in [-0.39, 0.29) is 18.0 Å². The van der Waals surface area contributed by atoms with E-state index in [9.17, 15) is 9.59 Å².